The average Bonchev–Trinajstić information content (AvgIpc) is 2.99. The van der Waals surface area contributed by atoms with E-state index in [1.807, 2.05) is 19.1 Å². The Bertz CT molecular complexity index is 1080. The molecule has 8 heteroatoms. The van der Waals surface area contributed by atoms with Gasteiger partial charge in [0.25, 0.3) is 11.5 Å². The van der Waals surface area contributed by atoms with Gasteiger partial charge in [-0.2, -0.15) is 0 Å². The molecule has 166 valence electrons. The average molecular weight is 459 g/mol. The van der Waals surface area contributed by atoms with Crippen molar-refractivity contribution in [2.75, 3.05) is 18.4 Å². The number of thiocarbonyl (C=S) groups is 1. The summed E-state index contributed by atoms with van der Waals surface area (Å²) in [6, 6.07) is 3.76. The van der Waals surface area contributed by atoms with Crippen LogP contribution in [-0.4, -0.2) is 37.6 Å². The highest BCUT2D eigenvalue weighted by Crippen LogP contribution is 2.33. The molecule has 2 aromatic rings. The first-order valence-corrected chi connectivity index (χ1v) is 12.1. The van der Waals surface area contributed by atoms with Gasteiger partial charge in [0.15, 0.2) is 0 Å². The van der Waals surface area contributed by atoms with Gasteiger partial charge in [0, 0.05) is 19.3 Å². The Balaban J connectivity index is 1.98. The molecule has 3 rings (SSSR count). The SMILES string of the molecule is CCCCCCN1C(=O)/C(=C\c2c(NCC(C)C)nc3ccc(C)cn3c2=O)SC1=S. The molecule has 31 heavy (non-hydrogen) atoms. The van der Waals surface area contributed by atoms with Gasteiger partial charge in [0.2, 0.25) is 0 Å². The number of unbranched alkanes of at least 4 members (excludes halogenated alkanes) is 3. The number of thioether (sulfide) groups is 1. The van der Waals surface area contributed by atoms with Crippen LogP contribution in [-0.2, 0) is 4.79 Å². The van der Waals surface area contributed by atoms with Gasteiger partial charge in [-0.1, -0.05) is 70.1 Å². The number of nitrogens with zero attached hydrogens (tertiary/aromatic N) is 3. The zero-order chi connectivity index (χ0) is 22.5. The first-order chi connectivity index (χ1) is 14.8. The van der Waals surface area contributed by atoms with Crippen LogP contribution in [0.4, 0.5) is 5.82 Å². The Kier molecular flexibility index (Phi) is 7.89. The standard InChI is InChI=1S/C23H30N4O2S2/c1-5-6-7-8-11-26-22(29)18(31-23(26)30)12-17-20(24-13-15(2)3)25-19-10-9-16(4)14-27(19)21(17)28/h9-10,12,14-15,24H,5-8,11,13H2,1-4H3/b18-12+. The third-order valence-electron chi connectivity index (χ3n) is 5.07. The summed E-state index contributed by atoms with van der Waals surface area (Å²) in [6.45, 7) is 9.56. The van der Waals surface area contributed by atoms with Gasteiger partial charge in [-0.15, -0.1) is 0 Å². The van der Waals surface area contributed by atoms with Crippen molar-refractivity contribution in [1.29, 1.82) is 0 Å². The van der Waals surface area contributed by atoms with E-state index in [1.54, 1.807) is 17.2 Å². The summed E-state index contributed by atoms with van der Waals surface area (Å²) < 4.78 is 2.09. The number of fused-ring (bicyclic) bond motifs is 1. The summed E-state index contributed by atoms with van der Waals surface area (Å²) in [7, 11) is 0. The van der Waals surface area contributed by atoms with E-state index in [-0.39, 0.29) is 11.5 Å². The summed E-state index contributed by atoms with van der Waals surface area (Å²) in [5, 5.41) is 3.28. The number of aryl methyl sites for hydroxylation is 1. The Morgan fingerprint density at radius 3 is 2.71 bits per heavy atom. The number of hydrogen-bond donors (Lipinski definition) is 1. The van der Waals surface area contributed by atoms with Crippen molar-refractivity contribution in [3.63, 3.8) is 0 Å². The molecule has 0 saturated carbocycles. The predicted octanol–water partition coefficient (Wildman–Crippen LogP) is 4.85. The monoisotopic (exact) mass is 458 g/mol. The highest BCUT2D eigenvalue weighted by atomic mass is 32.2. The number of rotatable bonds is 9. The molecule has 0 atom stereocenters. The lowest BCUT2D eigenvalue weighted by Crippen LogP contribution is -2.29. The molecule has 0 unspecified atom stereocenters. The highest BCUT2D eigenvalue weighted by Gasteiger charge is 2.32. The lowest BCUT2D eigenvalue weighted by Gasteiger charge is -2.14. The van der Waals surface area contributed by atoms with Crippen molar-refractivity contribution >= 4 is 51.7 Å². The van der Waals surface area contributed by atoms with Crippen LogP contribution in [0.25, 0.3) is 11.7 Å². The van der Waals surface area contributed by atoms with Gasteiger partial charge in [0.05, 0.1) is 10.5 Å². The van der Waals surface area contributed by atoms with Gasteiger partial charge in [-0.05, 0) is 37.0 Å². The molecule has 3 heterocycles. The Labute approximate surface area is 193 Å². The topological polar surface area (TPSA) is 66.7 Å². The van der Waals surface area contributed by atoms with Gasteiger partial charge in [0.1, 0.15) is 15.8 Å². The van der Waals surface area contributed by atoms with E-state index < -0.39 is 0 Å². The van der Waals surface area contributed by atoms with Crippen LogP contribution in [0.1, 0.15) is 57.6 Å². The molecule has 2 aromatic heterocycles. The van der Waals surface area contributed by atoms with Crippen LogP contribution in [0, 0.1) is 12.8 Å². The minimum Gasteiger partial charge on any atom is -0.369 e. The predicted molar refractivity (Wildman–Crippen MR) is 134 cm³/mol. The fourth-order valence-corrected chi connectivity index (χ4v) is 4.64. The van der Waals surface area contributed by atoms with E-state index in [9.17, 15) is 9.59 Å². The van der Waals surface area contributed by atoms with Gasteiger partial charge < -0.3 is 5.32 Å². The fourth-order valence-electron chi connectivity index (χ4n) is 3.34. The molecule has 0 radical (unpaired) electrons. The number of anilines is 1. The quantitative estimate of drug-likeness (QED) is 0.329. The van der Waals surface area contributed by atoms with Crippen LogP contribution in [0.5, 0.6) is 0 Å². The van der Waals surface area contributed by atoms with Crippen LogP contribution < -0.4 is 10.9 Å². The molecule has 6 nitrogen and oxygen atoms in total. The van der Waals surface area contributed by atoms with Crippen LogP contribution in [0.3, 0.4) is 0 Å². The van der Waals surface area contributed by atoms with E-state index in [4.69, 9.17) is 12.2 Å². The normalized spacial score (nSPS) is 15.6. The van der Waals surface area contributed by atoms with Crippen molar-refractivity contribution in [3.8, 4) is 0 Å². The summed E-state index contributed by atoms with van der Waals surface area (Å²) in [5.41, 5.74) is 1.72. The smallest absolute Gasteiger partial charge is 0.267 e. The third kappa shape index (κ3) is 5.54. The zero-order valence-electron chi connectivity index (χ0n) is 18.6. The van der Waals surface area contributed by atoms with E-state index >= 15 is 0 Å². The minimum absolute atomic E-state index is 0.130. The second-order valence-corrected chi connectivity index (χ2v) is 9.96. The molecule has 0 aromatic carbocycles. The van der Waals surface area contributed by atoms with Crippen molar-refractivity contribution in [2.45, 2.75) is 53.4 Å². The Morgan fingerprint density at radius 1 is 1.23 bits per heavy atom. The third-order valence-corrected chi connectivity index (χ3v) is 6.45. The number of carbonyl (C=O) groups is 1. The highest BCUT2D eigenvalue weighted by molar-refractivity contribution is 8.26. The van der Waals surface area contributed by atoms with Crippen molar-refractivity contribution in [3.05, 3.63) is 44.7 Å². The summed E-state index contributed by atoms with van der Waals surface area (Å²) in [5.74, 6) is 0.748. The van der Waals surface area contributed by atoms with E-state index in [0.717, 1.165) is 31.2 Å². The Hall–Kier alpha value is -2.19. The molecule has 0 spiro atoms. The molecule has 0 bridgehead atoms. The second-order valence-electron chi connectivity index (χ2n) is 8.28. The number of hydrogen-bond acceptors (Lipinski definition) is 6. The largest absolute Gasteiger partial charge is 0.369 e. The summed E-state index contributed by atoms with van der Waals surface area (Å²) >= 11 is 6.70. The Morgan fingerprint density at radius 2 is 2.00 bits per heavy atom. The number of carbonyl (C=O) groups excluding carboxylic acids is 1. The number of aromatic nitrogens is 2. The maximum absolute atomic E-state index is 13.3. The van der Waals surface area contributed by atoms with Crippen molar-refractivity contribution in [1.82, 2.24) is 14.3 Å². The van der Waals surface area contributed by atoms with Gasteiger partial charge >= 0.3 is 0 Å². The molecule has 1 N–H and O–H groups in total. The molecule has 1 aliphatic heterocycles. The first-order valence-electron chi connectivity index (χ1n) is 10.8. The van der Waals surface area contributed by atoms with Gasteiger partial charge in [-0.25, -0.2) is 4.98 Å². The molecule has 1 amide bonds. The van der Waals surface area contributed by atoms with Crippen molar-refractivity contribution < 1.29 is 4.79 Å². The molecule has 1 aliphatic rings. The van der Waals surface area contributed by atoms with Gasteiger partial charge in [-0.3, -0.25) is 18.9 Å². The van der Waals surface area contributed by atoms with E-state index in [1.165, 1.54) is 16.2 Å². The number of amides is 1. The van der Waals surface area contributed by atoms with E-state index in [0.29, 0.717) is 45.3 Å². The minimum atomic E-state index is -0.201. The van der Waals surface area contributed by atoms with Crippen LogP contribution in [0.2, 0.25) is 0 Å². The van der Waals surface area contributed by atoms with Crippen LogP contribution in [0.15, 0.2) is 28.0 Å². The lowest BCUT2D eigenvalue weighted by molar-refractivity contribution is -0.122. The number of pyridine rings is 1. The second kappa shape index (κ2) is 10.4. The van der Waals surface area contributed by atoms with Crippen LogP contribution >= 0.6 is 24.0 Å². The maximum atomic E-state index is 13.3. The molecule has 0 aliphatic carbocycles. The lowest BCUT2D eigenvalue weighted by atomic mass is 10.2. The van der Waals surface area contributed by atoms with E-state index in [2.05, 4.69) is 31.1 Å². The molecular formula is C23H30N4O2S2. The molecular weight excluding hydrogens is 428 g/mol. The molecule has 1 saturated heterocycles. The summed E-state index contributed by atoms with van der Waals surface area (Å²) in [6.07, 6.45) is 7.71. The maximum Gasteiger partial charge on any atom is 0.267 e. The first kappa shape index (κ1) is 23.5. The van der Waals surface area contributed by atoms with Crippen molar-refractivity contribution in [2.24, 2.45) is 5.92 Å². The zero-order valence-corrected chi connectivity index (χ0v) is 20.2. The molecule has 1 fully saturated rings. The fraction of sp³-hybridized carbons (Fsp3) is 0.478. The summed E-state index contributed by atoms with van der Waals surface area (Å²) in [4.78, 5) is 33.1. The number of nitrogens with one attached hydrogen (secondary N) is 1.